The van der Waals surface area contributed by atoms with Crippen LogP contribution in [0.5, 0.6) is 0 Å². The molecule has 30 heavy (non-hydrogen) atoms. The lowest BCUT2D eigenvalue weighted by Gasteiger charge is -2.15. The number of hydrogen-bond acceptors (Lipinski definition) is 7. The van der Waals surface area contributed by atoms with Crippen molar-refractivity contribution in [3.63, 3.8) is 0 Å². The van der Waals surface area contributed by atoms with Gasteiger partial charge in [0, 0.05) is 33.4 Å². The summed E-state index contributed by atoms with van der Waals surface area (Å²) in [5, 5.41) is 9.45. The fourth-order valence-corrected chi connectivity index (χ4v) is 7.88. The SMILES string of the molecule is O=S1(=O)CNc2cc(C3Nc4ccc(C5Nc6ccccc6S5)cc4[S+]3[O-])ccc21. The van der Waals surface area contributed by atoms with Crippen LogP contribution in [0.2, 0.25) is 0 Å². The number of para-hydroxylation sites is 1. The van der Waals surface area contributed by atoms with E-state index in [1.807, 2.05) is 24.3 Å². The summed E-state index contributed by atoms with van der Waals surface area (Å²) in [6.45, 7) is 0. The second kappa shape index (κ2) is 6.58. The fourth-order valence-electron chi connectivity index (χ4n) is 4.02. The summed E-state index contributed by atoms with van der Waals surface area (Å²) in [7, 11) is -3.27. The van der Waals surface area contributed by atoms with Crippen LogP contribution in [-0.2, 0) is 21.0 Å². The summed E-state index contributed by atoms with van der Waals surface area (Å²) in [4.78, 5) is 2.29. The van der Waals surface area contributed by atoms with Gasteiger partial charge in [0.1, 0.15) is 11.3 Å². The smallest absolute Gasteiger partial charge is 0.217 e. The molecule has 3 aliphatic heterocycles. The van der Waals surface area contributed by atoms with E-state index in [1.54, 1.807) is 30.0 Å². The van der Waals surface area contributed by atoms with Gasteiger partial charge in [0.25, 0.3) is 0 Å². The van der Waals surface area contributed by atoms with Crippen LogP contribution in [0.25, 0.3) is 0 Å². The molecule has 3 aromatic rings. The molecule has 0 aromatic heterocycles. The first kappa shape index (κ1) is 18.4. The van der Waals surface area contributed by atoms with E-state index in [0.717, 1.165) is 27.4 Å². The minimum atomic E-state index is -3.27. The topological polar surface area (TPSA) is 93.3 Å². The average molecular weight is 456 g/mol. The highest BCUT2D eigenvalue weighted by Crippen LogP contribution is 2.49. The molecule has 0 amide bonds. The molecule has 3 atom stereocenters. The van der Waals surface area contributed by atoms with Gasteiger partial charge in [-0.05, 0) is 35.9 Å². The minimum absolute atomic E-state index is 0.0816. The number of nitrogens with one attached hydrogen (secondary N) is 3. The maximum absolute atomic E-state index is 13.3. The van der Waals surface area contributed by atoms with Crippen LogP contribution < -0.4 is 16.0 Å². The fraction of sp³-hybridized carbons (Fsp3) is 0.143. The van der Waals surface area contributed by atoms with Crippen LogP contribution in [0.1, 0.15) is 21.9 Å². The molecule has 0 saturated heterocycles. The third-order valence-electron chi connectivity index (χ3n) is 5.54. The lowest BCUT2D eigenvalue weighted by atomic mass is 10.1. The van der Waals surface area contributed by atoms with E-state index in [9.17, 15) is 13.0 Å². The molecule has 9 heteroatoms. The number of anilines is 3. The van der Waals surface area contributed by atoms with E-state index in [1.165, 1.54) is 4.90 Å². The molecular weight excluding hydrogens is 438 g/mol. The van der Waals surface area contributed by atoms with Gasteiger partial charge < -0.3 is 20.5 Å². The van der Waals surface area contributed by atoms with Crippen LogP contribution in [-0.4, -0.2) is 18.8 Å². The molecule has 3 aliphatic rings. The van der Waals surface area contributed by atoms with Crippen LogP contribution in [0, 0.1) is 0 Å². The number of benzene rings is 3. The Labute approximate surface area is 181 Å². The Morgan fingerprint density at radius 1 is 0.933 bits per heavy atom. The Balaban J connectivity index is 1.29. The molecule has 0 radical (unpaired) electrons. The normalized spacial score (nSPS) is 24.9. The van der Waals surface area contributed by atoms with Gasteiger partial charge in [-0.3, -0.25) is 0 Å². The Hall–Kier alpha value is -2.33. The third-order valence-corrected chi connectivity index (χ3v) is 9.91. The average Bonchev–Trinajstić information content (AvgIpc) is 3.41. The van der Waals surface area contributed by atoms with Crippen molar-refractivity contribution in [1.82, 2.24) is 0 Å². The van der Waals surface area contributed by atoms with Crippen molar-refractivity contribution in [2.45, 2.75) is 25.4 Å². The maximum Gasteiger partial charge on any atom is 0.217 e. The van der Waals surface area contributed by atoms with E-state index in [-0.39, 0.29) is 11.3 Å². The van der Waals surface area contributed by atoms with Crippen molar-refractivity contribution in [1.29, 1.82) is 0 Å². The van der Waals surface area contributed by atoms with Gasteiger partial charge in [0.15, 0.2) is 14.7 Å². The first-order valence-corrected chi connectivity index (χ1v) is 13.2. The van der Waals surface area contributed by atoms with E-state index in [0.29, 0.717) is 10.6 Å². The third kappa shape index (κ3) is 2.80. The first-order chi connectivity index (χ1) is 14.5. The summed E-state index contributed by atoms with van der Waals surface area (Å²) < 4.78 is 37.3. The molecule has 0 bridgehead atoms. The molecule has 0 fully saturated rings. The van der Waals surface area contributed by atoms with Crippen molar-refractivity contribution in [2.24, 2.45) is 0 Å². The molecule has 6 nitrogen and oxygen atoms in total. The van der Waals surface area contributed by atoms with Crippen molar-refractivity contribution >= 4 is 49.8 Å². The van der Waals surface area contributed by atoms with E-state index < -0.39 is 26.4 Å². The number of fused-ring (bicyclic) bond motifs is 3. The van der Waals surface area contributed by atoms with Crippen molar-refractivity contribution in [2.75, 3.05) is 21.8 Å². The Bertz CT molecular complexity index is 1270. The molecular formula is C21H17N3O3S3. The molecule has 3 aromatic carbocycles. The molecule has 3 heterocycles. The van der Waals surface area contributed by atoms with Gasteiger partial charge >= 0.3 is 0 Å². The molecule has 0 spiro atoms. The van der Waals surface area contributed by atoms with Gasteiger partial charge in [-0.25, -0.2) is 8.42 Å². The van der Waals surface area contributed by atoms with Crippen molar-refractivity contribution in [3.8, 4) is 0 Å². The molecule has 0 saturated carbocycles. The van der Waals surface area contributed by atoms with Gasteiger partial charge in [-0.1, -0.05) is 36.0 Å². The summed E-state index contributed by atoms with van der Waals surface area (Å²) in [6, 6.07) is 19.4. The lowest BCUT2D eigenvalue weighted by Crippen LogP contribution is -2.13. The first-order valence-electron chi connectivity index (χ1n) is 9.43. The molecule has 3 unspecified atom stereocenters. The van der Waals surface area contributed by atoms with Crippen LogP contribution in [0.3, 0.4) is 0 Å². The highest BCUT2D eigenvalue weighted by atomic mass is 32.2. The van der Waals surface area contributed by atoms with E-state index >= 15 is 0 Å². The number of thioether (sulfide) groups is 1. The van der Waals surface area contributed by atoms with E-state index in [4.69, 9.17) is 0 Å². The zero-order valence-corrected chi connectivity index (χ0v) is 18.0. The second-order valence-corrected chi connectivity index (χ2v) is 12.0. The predicted octanol–water partition coefficient (Wildman–Crippen LogP) is 4.29. The van der Waals surface area contributed by atoms with Crippen molar-refractivity contribution in [3.05, 3.63) is 71.8 Å². The molecule has 0 aliphatic carbocycles. The number of rotatable bonds is 2. The standard InChI is InChI=1S/C21H17N3O3S3/c25-29-18-10-12(20-23-14-3-1-2-4-17(14)28-20)5-7-15(18)24-21(29)13-6-8-19-16(9-13)22-11-30(19,26)27/h1-10,20-24H,11H2. The highest BCUT2D eigenvalue weighted by molar-refractivity contribution is 8.00. The Morgan fingerprint density at radius 3 is 2.63 bits per heavy atom. The summed E-state index contributed by atoms with van der Waals surface area (Å²) >= 11 is 0.462. The molecule has 6 rings (SSSR count). The second-order valence-electron chi connectivity index (χ2n) is 7.41. The minimum Gasteiger partial charge on any atom is -0.609 e. The summed E-state index contributed by atoms with van der Waals surface area (Å²) in [6.07, 6.45) is 0. The van der Waals surface area contributed by atoms with Crippen LogP contribution >= 0.6 is 11.8 Å². The summed E-state index contributed by atoms with van der Waals surface area (Å²) in [5.41, 5.74) is 4.42. The van der Waals surface area contributed by atoms with Crippen LogP contribution in [0.15, 0.2) is 75.4 Å². The monoisotopic (exact) mass is 455 g/mol. The maximum atomic E-state index is 13.3. The Kier molecular flexibility index (Phi) is 4.05. The van der Waals surface area contributed by atoms with Crippen molar-refractivity contribution < 1.29 is 13.0 Å². The predicted molar refractivity (Wildman–Crippen MR) is 120 cm³/mol. The zero-order valence-electron chi connectivity index (χ0n) is 15.6. The zero-order chi connectivity index (χ0) is 20.5. The Morgan fingerprint density at radius 2 is 1.77 bits per heavy atom. The summed E-state index contributed by atoms with van der Waals surface area (Å²) in [5.74, 6) is -0.0923. The van der Waals surface area contributed by atoms with Gasteiger partial charge in [0.05, 0.1) is 16.3 Å². The number of sulfone groups is 1. The van der Waals surface area contributed by atoms with Crippen LogP contribution in [0.4, 0.5) is 17.1 Å². The largest absolute Gasteiger partial charge is 0.609 e. The van der Waals surface area contributed by atoms with E-state index in [2.05, 4.69) is 34.1 Å². The highest BCUT2D eigenvalue weighted by Gasteiger charge is 2.38. The molecule has 152 valence electrons. The lowest BCUT2D eigenvalue weighted by molar-refractivity contribution is 0.591. The number of hydrogen-bond donors (Lipinski definition) is 3. The van der Waals surface area contributed by atoms with Gasteiger partial charge in [-0.15, -0.1) is 0 Å². The van der Waals surface area contributed by atoms with Gasteiger partial charge in [-0.2, -0.15) is 0 Å². The quantitative estimate of drug-likeness (QED) is 0.496. The molecule has 3 N–H and O–H groups in total. The van der Waals surface area contributed by atoms with Gasteiger partial charge in [0.2, 0.25) is 5.37 Å².